The van der Waals surface area contributed by atoms with E-state index in [0.717, 1.165) is 4.90 Å². The van der Waals surface area contributed by atoms with Crippen molar-refractivity contribution in [1.29, 1.82) is 0 Å². The highest BCUT2D eigenvalue weighted by Crippen LogP contribution is 2.29. The number of amides is 4. The number of fused-ring (bicyclic) bond motifs is 1. The Kier molecular flexibility index (Phi) is 8.47. The molecule has 0 radical (unpaired) electrons. The maximum absolute atomic E-state index is 13.0. The second-order valence-electron chi connectivity index (χ2n) is 7.04. The van der Waals surface area contributed by atoms with E-state index in [0.29, 0.717) is 45.1 Å². The molecule has 0 aliphatic carbocycles. The number of benzene rings is 1. The molecular formula is C22H25N3O7. The van der Waals surface area contributed by atoms with E-state index in [2.05, 4.69) is 17.2 Å². The van der Waals surface area contributed by atoms with Crippen LogP contribution >= 0.6 is 0 Å². The molecule has 1 aromatic carbocycles. The van der Waals surface area contributed by atoms with Gasteiger partial charge in [-0.2, -0.15) is 0 Å². The summed E-state index contributed by atoms with van der Waals surface area (Å²) in [5, 5.41) is 2.17. The van der Waals surface area contributed by atoms with E-state index >= 15 is 0 Å². The summed E-state index contributed by atoms with van der Waals surface area (Å²) in [5.41, 5.74) is 6.05. The van der Waals surface area contributed by atoms with Gasteiger partial charge in [-0.1, -0.05) is 17.9 Å². The Labute approximate surface area is 185 Å². The molecule has 0 spiro atoms. The van der Waals surface area contributed by atoms with Gasteiger partial charge >= 0.3 is 0 Å². The highest BCUT2D eigenvalue weighted by molar-refractivity contribution is 6.24. The minimum atomic E-state index is -1.01. The molecule has 2 aliphatic rings. The van der Waals surface area contributed by atoms with E-state index in [1.807, 2.05) is 0 Å². The summed E-state index contributed by atoms with van der Waals surface area (Å²) in [5.74, 6) is 3.47. The Balaban J connectivity index is 1.54. The van der Waals surface area contributed by atoms with Crippen LogP contribution in [0.25, 0.3) is 0 Å². The van der Waals surface area contributed by atoms with Gasteiger partial charge in [0.25, 0.3) is 11.8 Å². The van der Waals surface area contributed by atoms with Crippen molar-refractivity contribution in [1.82, 2.24) is 10.2 Å². The Morgan fingerprint density at radius 3 is 2.44 bits per heavy atom. The van der Waals surface area contributed by atoms with Crippen LogP contribution in [0.15, 0.2) is 18.2 Å². The van der Waals surface area contributed by atoms with Crippen molar-refractivity contribution in [3.05, 3.63) is 34.9 Å². The molecule has 0 saturated carbocycles. The first-order chi connectivity index (χ1) is 15.5. The second kappa shape index (κ2) is 11.5. The Hall–Kier alpha value is -3.10. The number of nitrogens with two attached hydrogens (primary N) is 1. The van der Waals surface area contributed by atoms with Gasteiger partial charge in [-0.3, -0.25) is 29.4 Å². The number of carbonyl (C=O) groups excluding carboxylic acids is 4. The van der Waals surface area contributed by atoms with E-state index < -0.39 is 29.7 Å². The summed E-state index contributed by atoms with van der Waals surface area (Å²) in [7, 11) is 0. The van der Waals surface area contributed by atoms with Crippen LogP contribution in [0.5, 0.6) is 0 Å². The zero-order valence-electron chi connectivity index (χ0n) is 17.6. The molecule has 1 aromatic rings. The normalized spacial score (nSPS) is 17.8. The SMILES string of the molecule is NCCOCCOCCOCC#Cc1cccc2c1C(=O)N(C1CCC(=O)NC1=O)C2=O. The molecule has 2 aliphatic heterocycles. The van der Waals surface area contributed by atoms with Gasteiger partial charge < -0.3 is 19.9 Å². The third-order valence-electron chi connectivity index (χ3n) is 4.87. The summed E-state index contributed by atoms with van der Waals surface area (Å²) in [4.78, 5) is 50.2. The first-order valence-corrected chi connectivity index (χ1v) is 10.3. The number of ether oxygens (including phenoxy) is 3. The molecule has 10 nitrogen and oxygen atoms in total. The standard InChI is InChI=1S/C22H25N3O7/c23-8-10-31-12-14-32-13-11-30-9-2-4-15-3-1-5-16-19(15)22(29)25(21(16)28)17-6-7-18(26)24-20(17)27/h1,3,5,17H,6-14,23H2,(H,24,26,27). The minimum Gasteiger partial charge on any atom is -0.378 e. The van der Waals surface area contributed by atoms with Gasteiger partial charge in [0.05, 0.1) is 44.2 Å². The van der Waals surface area contributed by atoms with Crippen molar-refractivity contribution in [3.63, 3.8) is 0 Å². The van der Waals surface area contributed by atoms with E-state index in [-0.39, 0.29) is 30.6 Å². The smallest absolute Gasteiger partial charge is 0.263 e. The van der Waals surface area contributed by atoms with Gasteiger partial charge in [0.1, 0.15) is 12.6 Å². The quantitative estimate of drug-likeness (QED) is 0.279. The monoisotopic (exact) mass is 443 g/mol. The maximum atomic E-state index is 13.0. The van der Waals surface area contributed by atoms with Crippen molar-refractivity contribution < 1.29 is 33.4 Å². The van der Waals surface area contributed by atoms with Crippen molar-refractivity contribution in [2.24, 2.45) is 5.73 Å². The number of rotatable bonds is 10. The number of nitrogens with one attached hydrogen (secondary N) is 1. The minimum absolute atomic E-state index is 0.0677. The van der Waals surface area contributed by atoms with Gasteiger partial charge in [-0.15, -0.1) is 0 Å². The Morgan fingerprint density at radius 1 is 1.00 bits per heavy atom. The van der Waals surface area contributed by atoms with Crippen LogP contribution in [-0.2, 0) is 23.8 Å². The molecule has 3 rings (SSSR count). The van der Waals surface area contributed by atoms with E-state index in [4.69, 9.17) is 19.9 Å². The van der Waals surface area contributed by atoms with Crippen LogP contribution in [0.1, 0.15) is 39.1 Å². The molecule has 1 unspecified atom stereocenters. The van der Waals surface area contributed by atoms with Gasteiger partial charge in [0.2, 0.25) is 11.8 Å². The first kappa shape index (κ1) is 23.6. The molecular weight excluding hydrogens is 418 g/mol. The topological polar surface area (TPSA) is 137 Å². The van der Waals surface area contributed by atoms with Crippen LogP contribution in [0.4, 0.5) is 0 Å². The van der Waals surface area contributed by atoms with Crippen LogP contribution in [-0.4, -0.2) is 80.8 Å². The molecule has 32 heavy (non-hydrogen) atoms. The zero-order valence-corrected chi connectivity index (χ0v) is 17.6. The third kappa shape index (κ3) is 5.57. The summed E-state index contributed by atoms with van der Waals surface area (Å²) >= 11 is 0. The van der Waals surface area contributed by atoms with E-state index in [1.54, 1.807) is 12.1 Å². The Morgan fingerprint density at radius 2 is 1.72 bits per heavy atom. The number of carbonyl (C=O) groups is 4. The highest BCUT2D eigenvalue weighted by Gasteiger charge is 2.45. The fourth-order valence-corrected chi connectivity index (χ4v) is 3.40. The number of imide groups is 2. The van der Waals surface area contributed by atoms with Gasteiger partial charge in [-0.05, 0) is 18.6 Å². The average Bonchev–Trinajstić information content (AvgIpc) is 3.03. The van der Waals surface area contributed by atoms with Crippen LogP contribution in [0.2, 0.25) is 0 Å². The van der Waals surface area contributed by atoms with Crippen molar-refractivity contribution in [3.8, 4) is 11.8 Å². The van der Waals surface area contributed by atoms with Crippen molar-refractivity contribution in [2.45, 2.75) is 18.9 Å². The molecule has 1 saturated heterocycles. The molecule has 0 aromatic heterocycles. The predicted octanol–water partition coefficient (Wildman–Crippen LogP) is -0.552. The van der Waals surface area contributed by atoms with Gasteiger partial charge in [-0.25, -0.2) is 0 Å². The molecule has 1 fully saturated rings. The van der Waals surface area contributed by atoms with Crippen LogP contribution in [0, 0.1) is 11.8 Å². The fourth-order valence-electron chi connectivity index (χ4n) is 3.40. The summed E-state index contributed by atoms with van der Waals surface area (Å²) < 4.78 is 15.9. The summed E-state index contributed by atoms with van der Waals surface area (Å²) in [6.45, 7) is 2.75. The fraction of sp³-hybridized carbons (Fsp3) is 0.455. The maximum Gasteiger partial charge on any atom is 0.263 e. The van der Waals surface area contributed by atoms with E-state index in [9.17, 15) is 19.2 Å². The van der Waals surface area contributed by atoms with Gasteiger partial charge in [0.15, 0.2) is 0 Å². The molecule has 170 valence electrons. The number of hydrogen-bond donors (Lipinski definition) is 2. The van der Waals surface area contributed by atoms with Crippen molar-refractivity contribution >= 4 is 23.6 Å². The van der Waals surface area contributed by atoms with Crippen molar-refractivity contribution in [2.75, 3.05) is 46.2 Å². The lowest BCUT2D eigenvalue weighted by Crippen LogP contribution is -2.54. The average molecular weight is 443 g/mol. The van der Waals surface area contributed by atoms with E-state index in [1.165, 1.54) is 6.07 Å². The number of hydrogen-bond acceptors (Lipinski definition) is 8. The third-order valence-corrected chi connectivity index (χ3v) is 4.87. The highest BCUT2D eigenvalue weighted by atomic mass is 16.5. The zero-order chi connectivity index (χ0) is 22.9. The molecule has 2 heterocycles. The largest absolute Gasteiger partial charge is 0.378 e. The lowest BCUT2D eigenvalue weighted by molar-refractivity contribution is -0.136. The van der Waals surface area contributed by atoms with Crippen LogP contribution < -0.4 is 11.1 Å². The molecule has 3 N–H and O–H groups in total. The molecule has 10 heteroatoms. The van der Waals surface area contributed by atoms with Gasteiger partial charge in [0, 0.05) is 18.5 Å². The molecule has 1 atom stereocenters. The lowest BCUT2D eigenvalue weighted by Gasteiger charge is -2.27. The second-order valence-corrected chi connectivity index (χ2v) is 7.04. The predicted molar refractivity (Wildman–Crippen MR) is 112 cm³/mol. The Bertz CT molecular complexity index is 951. The first-order valence-electron chi connectivity index (χ1n) is 10.3. The lowest BCUT2D eigenvalue weighted by atomic mass is 10.0. The van der Waals surface area contributed by atoms with Crippen LogP contribution in [0.3, 0.4) is 0 Å². The number of nitrogens with zero attached hydrogens (tertiary/aromatic N) is 1. The summed E-state index contributed by atoms with van der Waals surface area (Å²) in [6, 6.07) is 3.78. The molecule has 0 bridgehead atoms. The number of piperidine rings is 1. The summed E-state index contributed by atoms with van der Waals surface area (Å²) in [6.07, 6.45) is 0.171. The molecule has 4 amide bonds.